The van der Waals surface area contributed by atoms with Crippen molar-refractivity contribution in [3.8, 4) is 5.75 Å². The van der Waals surface area contributed by atoms with Crippen molar-refractivity contribution in [3.63, 3.8) is 0 Å². The van der Waals surface area contributed by atoms with Crippen LogP contribution in [0.15, 0.2) is 24.3 Å². The summed E-state index contributed by atoms with van der Waals surface area (Å²) in [7, 11) is 0. The monoisotopic (exact) mass is 295 g/mol. The predicted molar refractivity (Wildman–Crippen MR) is 62.4 cm³/mol. The van der Waals surface area contributed by atoms with Gasteiger partial charge < -0.3 is 4.84 Å². The van der Waals surface area contributed by atoms with Gasteiger partial charge in [0.2, 0.25) is 0 Å². The van der Waals surface area contributed by atoms with Crippen molar-refractivity contribution in [2.24, 2.45) is 0 Å². The minimum absolute atomic E-state index is 0.447. The normalized spacial score (nSPS) is 18.1. The summed E-state index contributed by atoms with van der Waals surface area (Å²) in [5, 5.41) is 1.43. The molecule has 0 radical (unpaired) electrons. The first-order chi connectivity index (χ1) is 9.32. The lowest BCUT2D eigenvalue weighted by Crippen LogP contribution is -2.37. The van der Waals surface area contributed by atoms with E-state index in [0.717, 1.165) is 37.5 Å². The minimum atomic E-state index is -5.64. The smallest absolute Gasteiger partial charge is 0.405 e. The van der Waals surface area contributed by atoms with E-state index in [1.165, 1.54) is 11.1 Å². The van der Waals surface area contributed by atoms with Crippen LogP contribution in [0.3, 0.4) is 0 Å². The summed E-state index contributed by atoms with van der Waals surface area (Å²) in [4.78, 5) is 5.22. The number of hydroxylamine groups is 2. The SMILES string of the molecule is FC(F)(F)C(F)(F)c1ccccc1ON1CCCCC1. The summed E-state index contributed by atoms with van der Waals surface area (Å²) in [6.07, 6.45) is -2.98. The van der Waals surface area contributed by atoms with Gasteiger partial charge in [-0.05, 0) is 25.0 Å². The molecule has 0 amide bonds. The molecule has 1 aromatic rings. The minimum Gasteiger partial charge on any atom is -0.405 e. The summed E-state index contributed by atoms with van der Waals surface area (Å²) in [5.74, 6) is -5.38. The van der Waals surface area contributed by atoms with E-state index in [9.17, 15) is 22.0 Å². The Morgan fingerprint density at radius 2 is 1.50 bits per heavy atom. The molecule has 0 aromatic heterocycles. The first-order valence-electron chi connectivity index (χ1n) is 6.29. The molecule has 0 atom stereocenters. The molecular weight excluding hydrogens is 281 g/mol. The summed E-state index contributed by atoms with van der Waals surface area (Å²) >= 11 is 0. The largest absolute Gasteiger partial charge is 0.458 e. The molecule has 0 aliphatic carbocycles. The zero-order chi connectivity index (χ0) is 14.8. The molecule has 1 aromatic carbocycles. The topological polar surface area (TPSA) is 12.5 Å². The Balaban J connectivity index is 2.26. The van der Waals surface area contributed by atoms with Gasteiger partial charge in [-0.25, -0.2) is 0 Å². The number of para-hydroxylation sites is 1. The lowest BCUT2D eigenvalue weighted by atomic mass is 10.1. The van der Waals surface area contributed by atoms with Gasteiger partial charge >= 0.3 is 12.1 Å². The van der Waals surface area contributed by atoms with Crippen LogP contribution in [0.5, 0.6) is 5.75 Å². The molecule has 7 heteroatoms. The molecule has 0 spiro atoms. The fourth-order valence-corrected chi connectivity index (χ4v) is 2.05. The molecule has 20 heavy (non-hydrogen) atoms. The van der Waals surface area contributed by atoms with Crippen LogP contribution in [-0.2, 0) is 5.92 Å². The van der Waals surface area contributed by atoms with Crippen LogP contribution < -0.4 is 4.84 Å². The second-order valence-electron chi connectivity index (χ2n) is 4.65. The van der Waals surface area contributed by atoms with Crippen molar-refractivity contribution in [1.29, 1.82) is 0 Å². The second-order valence-corrected chi connectivity index (χ2v) is 4.65. The fraction of sp³-hybridized carbons (Fsp3) is 0.538. The Morgan fingerprint density at radius 1 is 0.900 bits per heavy atom. The second kappa shape index (κ2) is 5.55. The summed E-state index contributed by atoms with van der Waals surface area (Å²) < 4.78 is 64.3. The highest BCUT2D eigenvalue weighted by Gasteiger charge is 2.60. The molecule has 1 aliphatic rings. The van der Waals surface area contributed by atoms with E-state index in [1.807, 2.05) is 0 Å². The van der Waals surface area contributed by atoms with E-state index >= 15 is 0 Å². The van der Waals surface area contributed by atoms with Crippen LogP contribution in [0.25, 0.3) is 0 Å². The number of nitrogens with zero attached hydrogens (tertiary/aromatic N) is 1. The van der Waals surface area contributed by atoms with Crippen LogP contribution in [0.2, 0.25) is 0 Å². The standard InChI is InChI=1S/C13H14F5NO/c14-12(15,13(16,17)18)10-6-2-3-7-11(10)20-19-8-4-1-5-9-19/h2-3,6-7H,1,4-5,8-9H2. The molecule has 1 heterocycles. The van der Waals surface area contributed by atoms with Gasteiger partial charge in [-0.15, -0.1) is 5.06 Å². The quantitative estimate of drug-likeness (QED) is 0.778. The third kappa shape index (κ3) is 3.03. The molecule has 2 nitrogen and oxygen atoms in total. The lowest BCUT2D eigenvalue weighted by molar-refractivity contribution is -0.290. The number of rotatable bonds is 3. The highest BCUT2D eigenvalue weighted by atomic mass is 19.4. The number of piperidine rings is 1. The Hall–Kier alpha value is -1.37. The van der Waals surface area contributed by atoms with Gasteiger partial charge in [0.25, 0.3) is 0 Å². The lowest BCUT2D eigenvalue weighted by Gasteiger charge is -2.28. The van der Waals surface area contributed by atoms with E-state index in [2.05, 4.69) is 0 Å². The molecule has 112 valence electrons. The molecule has 0 bridgehead atoms. The van der Waals surface area contributed by atoms with E-state index in [-0.39, 0.29) is 0 Å². The summed E-state index contributed by atoms with van der Waals surface area (Å²) in [6, 6.07) is 4.38. The zero-order valence-corrected chi connectivity index (χ0v) is 10.6. The first-order valence-corrected chi connectivity index (χ1v) is 6.29. The Kier molecular flexibility index (Phi) is 4.17. The van der Waals surface area contributed by atoms with Gasteiger partial charge in [-0.3, -0.25) is 0 Å². The molecular formula is C13H14F5NO. The van der Waals surface area contributed by atoms with Crippen molar-refractivity contribution in [2.75, 3.05) is 13.1 Å². The van der Waals surface area contributed by atoms with Gasteiger partial charge in [0, 0.05) is 13.1 Å². The van der Waals surface area contributed by atoms with Crippen molar-refractivity contribution in [3.05, 3.63) is 29.8 Å². The average Bonchev–Trinajstić information content (AvgIpc) is 2.39. The van der Waals surface area contributed by atoms with Crippen molar-refractivity contribution >= 4 is 0 Å². The molecule has 0 saturated carbocycles. The Bertz CT molecular complexity index is 454. The third-order valence-electron chi connectivity index (χ3n) is 3.12. The van der Waals surface area contributed by atoms with E-state index in [0.29, 0.717) is 13.1 Å². The van der Waals surface area contributed by atoms with E-state index < -0.39 is 23.4 Å². The van der Waals surface area contributed by atoms with Gasteiger partial charge in [0.05, 0.1) is 5.56 Å². The number of alkyl halides is 5. The molecule has 2 rings (SSSR count). The van der Waals surface area contributed by atoms with Crippen LogP contribution in [0.1, 0.15) is 24.8 Å². The van der Waals surface area contributed by atoms with Crippen molar-refractivity contribution < 1.29 is 26.8 Å². The Labute approximate surface area is 113 Å². The maximum atomic E-state index is 13.5. The maximum absolute atomic E-state index is 13.5. The zero-order valence-electron chi connectivity index (χ0n) is 10.6. The maximum Gasteiger partial charge on any atom is 0.458 e. The molecule has 1 aliphatic heterocycles. The number of hydrogen-bond acceptors (Lipinski definition) is 2. The summed E-state index contributed by atoms with van der Waals surface area (Å²) in [5.41, 5.74) is -1.15. The molecule has 1 fully saturated rings. The van der Waals surface area contributed by atoms with Gasteiger partial charge in [0.15, 0.2) is 5.75 Å². The predicted octanol–water partition coefficient (Wildman–Crippen LogP) is 4.12. The van der Waals surface area contributed by atoms with Crippen LogP contribution in [0, 0.1) is 0 Å². The average molecular weight is 295 g/mol. The fourth-order valence-electron chi connectivity index (χ4n) is 2.05. The Morgan fingerprint density at radius 3 is 2.10 bits per heavy atom. The van der Waals surface area contributed by atoms with Gasteiger partial charge in [-0.1, -0.05) is 18.6 Å². The van der Waals surface area contributed by atoms with Gasteiger partial charge in [0.1, 0.15) is 0 Å². The van der Waals surface area contributed by atoms with Crippen LogP contribution >= 0.6 is 0 Å². The van der Waals surface area contributed by atoms with E-state index in [1.54, 1.807) is 0 Å². The van der Waals surface area contributed by atoms with Crippen molar-refractivity contribution in [1.82, 2.24) is 5.06 Å². The highest BCUT2D eigenvalue weighted by Crippen LogP contribution is 2.47. The van der Waals surface area contributed by atoms with Crippen molar-refractivity contribution in [2.45, 2.75) is 31.4 Å². The molecule has 0 N–H and O–H groups in total. The van der Waals surface area contributed by atoms with Gasteiger partial charge in [-0.2, -0.15) is 22.0 Å². The number of hydrogen-bond donors (Lipinski definition) is 0. The first kappa shape index (κ1) is 15.0. The number of halogens is 5. The van der Waals surface area contributed by atoms with E-state index in [4.69, 9.17) is 4.84 Å². The molecule has 1 saturated heterocycles. The van der Waals surface area contributed by atoms with Crippen LogP contribution in [-0.4, -0.2) is 24.3 Å². The highest BCUT2D eigenvalue weighted by molar-refractivity contribution is 5.37. The summed E-state index contributed by atoms with van der Waals surface area (Å²) in [6.45, 7) is 1.04. The third-order valence-corrected chi connectivity index (χ3v) is 3.12. The van der Waals surface area contributed by atoms with Crippen LogP contribution in [0.4, 0.5) is 22.0 Å². The molecule has 0 unspecified atom stereocenters. The number of benzene rings is 1.